The van der Waals surface area contributed by atoms with E-state index in [-0.39, 0.29) is 58.7 Å². The van der Waals surface area contributed by atoms with E-state index in [4.69, 9.17) is 16.3 Å². The highest BCUT2D eigenvalue weighted by molar-refractivity contribution is 6.32. The van der Waals surface area contributed by atoms with E-state index in [9.17, 15) is 19.8 Å². The highest BCUT2D eigenvalue weighted by Crippen LogP contribution is 2.64. The van der Waals surface area contributed by atoms with Crippen LogP contribution in [0.2, 0.25) is 5.02 Å². The first-order valence-electron chi connectivity index (χ1n) is 11.3. The number of benzene rings is 2. The van der Waals surface area contributed by atoms with Gasteiger partial charge in [0.15, 0.2) is 5.78 Å². The molecule has 33 heavy (non-hydrogen) atoms. The zero-order chi connectivity index (χ0) is 22.9. The van der Waals surface area contributed by atoms with Crippen LogP contribution < -0.4 is 0 Å². The summed E-state index contributed by atoms with van der Waals surface area (Å²) in [6.45, 7) is 0.0935. The number of ketones is 1. The number of phenolic OH excluding ortho intramolecular Hbond substituents is 1. The van der Waals surface area contributed by atoms with Gasteiger partial charge >= 0.3 is 5.97 Å². The van der Waals surface area contributed by atoms with Gasteiger partial charge in [0, 0.05) is 16.5 Å². The molecule has 0 spiro atoms. The highest BCUT2D eigenvalue weighted by Gasteiger charge is 2.69. The van der Waals surface area contributed by atoms with Crippen molar-refractivity contribution in [2.75, 3.05) is 0 Å². The normalized spacial score (nSPS) is 31.2. The molecule has 2 fully saturated rings. The average molecular weight is 463 g/mol. The lowest BCUT2D eigenvalue weighted by atomic mass is 9.54. The summed E-state index contributed by atoms with van der Waals surface area (Å²) in [6, 6.07) is 12.4. The summed E-state index contributed by atoms with van der Waals surface area (Å²) in [4.78, 5) is 27.8. The maximum Gasteiger partial charge on any atom is 0.321 e. The number of hydrogen-bond acceptors (Lipinski definition) is 5. The summed E-state index contributed by atoms with van der Waals surface area (Å²) in [5.74, 6) is -1.81. The van der Waals surface area contributed by atoms with Crippen LogP contribution in [0.15, 0.2) is 60.2 Å². The third kappa shape index (κ3) is 2.72. The number of fused-ring (bicyclic) bond motifs is 7. The van der Waals surface area contributed by atoms with Crippen molar-refractivity contribution in [3.63, 3.8) is 0 Å². The molecule has 5 atom stereocenters. The van der Waals surface area contributed by atoms with Gasteiger partial charge in [0.05, 0.1) is 5.56 Å². The molecule has 5 unspecified atom stereocenters. The SMILES string of the molecule is O=C(OCc1ccccc1)C12C(=O)C3=C(O)c4c(O)ccc(Cl)c4CC3CC1C1C=CC2C1. The lowest BCUT2D eigenvalue weighted by Crippen LogP contribution is -2.55. The minimum absolute atomic E-state index is 0.0935. The number of ether oxygens (including phenoxy) is 1. The first-order valence-corrected chi connectivity index (χ1v) is 11.7. The molecule has 0 heterocycles. The summed E-state index contributed by atoms with van der Waals surface area (Å²) >= 11 is 6.38. The molecule has 6 rings (SSSR count). The number of phenols is 1. The number of aliphatic hydroxyl groups excluding tert-OH is 1. The van der Waals surface area contributed by atoms with Gasteiger partial charge in [-0.2, -0.15) is 0 Å². The third-order valence-electron chi connectivity index (χ3n) is 8.10. The van der Waals surface area contributed by atoms with Crippen molar-refractivity contribution in [1.82, 2.24) is 0 Å². The topological polar surface area (TPSA) is 83.8 Å². The second-order valence-corrected chi connectivity index (χ2v) is 9.98. The van der Waals surface area contributed by atoms with E-state index in [1.54, 1.807) is 6.07 Å². The van der Waals surface area contributed by atoms with Crippen molar-refractivity contribution in [3.8, 4) is 5.75 Å². The molecule has 0 radical (unpaired) electrons. The molecule has 0 aromatic heterocycles. The van der Waals surface area contributed by atoms with E-state index >= 15 is 0 Å². The van der Waals surface area contributed by atoms with Gasteiger partial charge in [-0.1, -0.05) is 54.1 Å². The van der Waals surface area contributed by atoms with Crippen LogP contribution in [0.3, 0.4) is 0 Å². The molecule has 168 valence electrons. The van der Waals surface area contributed by atoms with E-state index in [2.05, 4.69) is 6.08 Å². The monoisotopic (exact) mass is 462 g/mol. The number of esters is 1. The van der Waals surface area contributed by atoms with Crippen molar-refractivity contribution < 1.29 is 24.5 Å². The quantitative estimate of drug-likeness (QED) is 0.380. The van der Waals surface area contributed by atoms with E-state index in [1.165, 1.54) is 6.07 Å². The Hall–Kier alpha value is -3.05. The fourth-order valence-corrected chi connectivity index (χ4v) is 6.92. The Bertz CT molecular complexity index is 1250. The zero-order valence-corrected chi connectivity index (χ0v) is 18.6. The molecular formula is C27H23ClO5. The fraction of sp³-hybridized carbons (Fsp3) is 0.333. The van der Waals surface area contributed by atoms with Gasteiger partial charge in [-0.05, 0) is 60.3 Å². The van der Waals surface area contributed by atoms with Gasteiger partial charge in [-0.15, -0.1) is 0 Å². The molecule has 5 nitrogen and oxygen atoms in total. The van der Waals surface area contributed by atoms with Crippen molar-refractivity contribution >= 4 is 29.1 Å². The number of rotatable bonds is 3. The smallest absolute Gasteiger partial charge is 0.321 e. The Morgan fingerprint density at radius 1 is 1.09 bits per heavy atom. The van der Waals surface area contributed by atoms with Crippen LogP contribution in [0.25, 0.3) is 5.76 Å². The number of aliphatic hydroxyl groups is 1. The van der Waals surface area contributed by atoms with Crippen LogP contribution >= 0.6 is 11.6 Å². The Kier molecular flexibility index (Phi) is 4.50. The lowest BCUT2D eigenvalue weighted by Gasteiger charge is -2.46. The molecular weight excluding hydrogens is 440 g/mol. The first kappa shape index (κ1) is 20.5. The second kappa shape index (κ2) is 7.22. The van der Waals surface area contributed by atoms with Crippen LogP contribution in [0.1, 0.15) is 29.5 Å². The van der Waals surface area contributed by atoms with Crippen LogP contribution in [0.4, 0.5) is 0 Å². The molecule has 2 aromatic carbocycles. The standard InChI is InChI=1S/C27H23ClO5/c28-20-8-9-21(29)23-18(20)11-16-12-19-15-6-7-17(10-15)27(19,25(31)22(16)24(23)30)26(32)33-13-14-4-2-1-3-5-14/h1-9,15-17,19,29-30H,10-13H2. The third-order valence-corrected chi connectivity index (χ3v) is 8.45. The van der Waals surface area contributed by atoms with Gasteiger partial charge in [-0.3, -0.25) is 9.59 Å². The summed E-state index contributed by atoms with van der Waals surface area (Å²) < 4.78 is 5.75. The minimum Gasteiger partial charge on any atom is -0.507 e. The molecule has 2 N–H and O–H groups in total. The number of carbonyl (C=O) groups is 2. The summed E-state index contributed by atoms with van der Waals surface area (Å²) in [5.41, 5.74) is 0.598. The van der Waals surface area contributed by atoms with Gasteiger partial charge in [0.1, 0.15) is 23.5 Å². The summed E-state index contributed by atoms with van der Waals surface area (Å²) in [7, 11) is 0. The first-order chi connectivity index (χ1) is 15.9. The van der Waals surface area contributed by atoms with E-state index in [1.807, 2.05) is 36.4 Å². The maximum absolute atomic E-state index is 14.2. The van der Waals surface area contributed by atoms with Gasteiger partial charge in [0.25, 0.3) is 0 Å². The van der Waals surface area contributed by atoms with Crippen LogP contribution in [0.5, 0.6) is 5.75 Å². The molecule has 4 aliphatic carbocycles. The number of Topliss-reactive ketones (excluding diaryl/α,β-unsaturated/α-hetero) is 1. The minimum atomic E-state index is -1.33. The Morgan fingerprint density at radius 3 is 2.67 bits per heavy atom. The van der Waals surface area contributed by atoms with Crippen molar-refractivity contribution in [2.24, 2.45) is 29.1 Å². The molecule has 0 amide bonds. The largest absolute Gasteiger partial charge is 0.507 e. The number of hydrogen-bond donors (Lipinski definition) is 2. The van der Waals surface area contributed by atoms with Crippen LogP contribution in [-0.4, -0.2) is 22.0 Å². The zero-order valence-electron chi connectivity index (χ0n) is 17.8. The lowest BCUT2D eigenvalue weighted by molar-refractivity contribution is -0.168. The fourth-order valence-electron chi connectivity index (χ4n) is 6.69. The number of carbonyl (C=O) groups excluding carboxylic acids is 2. The van der Waals surface area contributed by atoms with Gasteiger partial charge in [-0.25, -0.2) is 0 Å². The molecule has 4 aliphatic rings. The predicted molar refractivity (Wildman–Crippen MR) is 122 cm³/mol. The van der Waals surface area contributed by atoms with E-state index in [0.29, 0.717) is 23.4 Å². The molecule has 6 heteroatoms. The molecule has 2 saturated carbocycles. The van der Waals surface area contributed by atoms with Crippen molar-refractivity contribution in [1.29, 1.82) is 0 Å². The number of halogens is 1. The Morgan fingerprint density at radius 2 is 1.88 bits per heavy atom. The van der Waals surface area contributed by atoms with E-state index < -0.39 is 11.4 Å². The van der Waals surface area contributed by atoms with Crippen LogP contribution in [-0.2, 0) is 27.4 Å². The molecule has 0 aliphatic heterocycles. The second-order valence-electron chi connectivity index (χ2n) is 9.58. The van der Waals surface area contributed by atoms with E-state index in [0.717, 1.165) is 12.0 Å². The summed E-state index contributed by atoms with van der Waals surface area (Å²) in [6.07, 6.45) is 5.85. The van der Waals surface area contributed by atoms with Crippen LogP contribution in [0, 0.1) is 29.1 Å². The maximum atomic E-state index is 14.2. The number of allylic oxidation sites excluding steroid dienone is 3. The summed E-state index contributed by atoms with van der Waals surface area (Å²) in [5, 5.41) is 22.1. The van der Waals surface area contributed by atoms with Gasteiger partial charge in [0.2, 0.25) is 0 Å². The number of aromatic hydroxyl groups is 1. The molecule has 2 bridgehead atoms. The Labute approximate surface area is 196 Å². The Balaban J connectivity index is 1.44. The highest BCUT2D eigenvalue weighted by atomic mass is 35.5. The average Bonchev–Trinajstić information content (AvgIpc) is 3.42. The molecule has 0 saturated heterocycles. The van der Waals surface area contributed by atoms with Crippen molar-refractivity contribution in [2.45, 2.75) is 25.9 Å². The molecule has 2 aromatic rings. The van der Waals surface area contributed by atoms with Gasteiger partial charge < -0.3 is 14.9 Å². The van der Waals surface area contributed by atoms with Crippen molar-refractivity contribution in [3.05, 3.63) is 81.9 Å². The predicted octanol–water partition coefficient (Wildman–Crippen LogP) is 5.01.